The minimum atomic E-state index is -3.91. The van der Waals surface area contributed by atoms with Gasteiger partial charge < -0.3 is 5.73 Å². The predicted molar refractivity (Wildman–Crippen MR) is 88.4 cm³/mol. The highest BCUT2D eigenvalue weighted by Crippen LogP contribution is 2.33. The van der Waals surface area contributed by atoms with Crippen LogP contribution < -0.4 is 10.5 Å². The van der Waals surface area contributed by atoms with Gasteiger partial charge in [-0.25, -0.2) is 13.4 Å². The number of rotatable bonds is 3. The first-order valence-corrected chi connectivity index (χ1v) is 8.63. The van der Waals surface area contributed by atoms with E-state index >= 15 is 0 Å². The molecule has 0 unspecified atom stereocenters. The van der Waals surface area contributed by atoms with E-state index in [9.17, 15) is 8.42 Å². The van der Waals surface area contributed by atoms with Crippen LogP contribution in [-0.2, 0) is 10.0 Å². The lowest BCUT2D eigenvalue weighted by molar-refractivity contribution is 0.601. The Hall–Kier alpha value is -1.02. The van der Waals surface area contributed by atoms with Gasteiger partial charge >= 0.3 is 0 Å². The molecule has 0 bridgehead atoms. The molecule has 0 radical (unpaired) electrons. The first-order valence-electron chi connectivity index (χ1n) is 5.60. The first kappa shape index (κ1) is 16.4. The van der Waals surface area contributed by atoms with Crippen molar-refractivity contribution in [3.8, 4) is 0 Å². The van der Waals surface area contributed by atoms with E-state index in [-0.39, 0.29) is 30.9 Å². The number of hydrogen-bond acceptors (Lipinski definition) is 4. The number of aryl methyl sites for hydroxylation is 1. The average molecular weight is 411 g/mol. The van der Waals surface area contributed by atoms with Crippen molar-refractivity contribution in [3.05, 3.63) is 44.6 Å². The van der Waals surface area contributed by atoms with Crippen LogP contribution in [0.2, 0.25) is 10.2 Å². The van der Waals surface area contributed by atoms with Gasteiger partial charge in [-0.2, -0.15) is 0 Å². The summed E-state index contributed by atoms with van der Waals surface area (Å²) in [6.07, 6.45) is 1.54. The van der Waals surface area contributed by atoms with E-state index in [1.54, 1.807) is 13.0 Å². The van der Waals surface area contributed by atoms with E-state index in [0.29, 0.717) is 0 Å². The lowest BCUT2D eigenvalue weighted by atomic mass is 10.3. The second kappa shape index (κ2) is 6.00. The standard InChI is InChI=1S/C12H10BrCl2N3O2S/c1-6-2-9(12(15)17-5-6)18-21(19,20)10-4-7(14)3-8(16)11(10)13/h2-5,18H,16H2,1H3. The van der Waals surface area contributed by atoms with Crippen LogP contribution in [-0.4, -0.2) is 13.4 Å². The molecular weight excluding hydrogens is 401 g/mol. The quantitative estimate of drug-likeness (QED) is 0.594. The molecule has 0 fully saturated rings. The molecule has 0 atom stereocenters. The van der Waals surface area contributed by atoms with Crippen molar-refractivity contribution in [3.63, 3.8) is 0 Å². The molecule has 0 saturated carbocycles. The smallest absolute Gasteiger partial charge is 0.263 e. The minimum absolute atomic E-state index is 0.0512. The molecule has 0 aliphatic carbocycles. The van der Waals surface area contributed by atoms with E-state index in [4.69, 9.17) is 28.9 Å². The van der Waals surface area contributed by atoms with Crippen LogP contribution in [0.4, 0.5) is 11.4 Å². The predicted octanol–water partition coefficient (Wildman–Crippen LogP) is 3.84. The maximum absolute atomic E-state index is 12.4. The SMILES string of the molecule is Cc1cnc(Cl)c(NS(=O)(=O)c2cc(Cl)cc(N)c2Br)c1. The Balaban J connectivity index is 2.51. The van der Waals surface area contributed by atoms with Gasteiger partial charge in [-0.05, 0) is 46.6 Å². The third-order valence-electron chi connectivity index (χ3n) is 2.54. The van der Waals surface area contributed by atoms with Gasteiger partial charge in [-0.1, -0.05) is 23.2 Å². The largest absolute Gasteiger partial charge is 0.398 e. The van der Waals surface area contributed by atoms with E-state index in [1.165, 1.54) is 18.3 Å². The molecule has 0 saturated heterocycles. The molecule has 1 aromatic carbocycles. The fourth-order valence-electron chi connectivity index (χ4n) is 1.60. The summed E-state index contributed by atoms with van der Waals surface area (Å²) in [5, 5.41) is 0.264. The summed E-state index contributed by atoms with van der Waals surface area (Å²) in [6, 6.07) is 4.32. The van der Waals surface area contributed by atoms with Crippen LogP contribution in [0.25, 0.3) is 0 Å². The third-order valence-corrected chi connectivity index (χ3v) is 5.60. The van der Waals surface area contributed by atoms with E-state index in [2.05, 4.69) is 25.6 Å². The summed E-state index contributed by atoms with van der Waals surface area (Å²) in [5.41, 5.74) is 6.87. The summed E-state index contributed by atoms with van der Waals surface area (Å²) >= 11 is 14.9. The molecule has 3 N–H and O–H groups in total. The molecule has 0 aliphatic rings. The molecule has 112 valence electrons. The van der Waals surface area contributed by atoms with Gasteiger partial charge in [0.1, 0.15) is 4.90 Å². The van der Waals surface area contributed by atoms with Gasteiger partial charge in [-0.3, -0.25) is 4.72 Å². The van der Waals surface area contributed by atoms with Crippen LogP contribution in [0.15, 0.2) is 33.8 Å². The molecule has 1 aromatic heterocycles. The van der Waals surface area contributed by atoms with Crippen LogP contribution in [0, 0.1) is 6.92 Å². The zero-order chi connectivity index (χ0) is 15.8. The molecule has 0 amide bonds. The van der Waals surface area contributed by atoms with Gasteiger partial charge in [0.2, 0.25) is 0 Å². The van der Waals surface area contributed by atoms with Gasteiger partial charge in [0, 0.05) is 16.9 Å². The average Bonchev–Trinajstić information content (AvgIpc) is 2.37. The summed E-state index contributed by atoms with van der Waals surface area (Å²) in [7, 11) is -3.91. The highest BCUT2D eigenvalue weighted by molar-refractivity contribution is 9.10. The Labute approximate surface area is 140 Å². The van der Waals surface area contributed by atoms with E-state index < -0.39 is 10.0 Å². The number of sulfonamides is 1. The summed E-state index contributed by atoms with van der Waals surface area (Å²) in [6.45, 7) is 1.77. The summed E-state index contributed by atoms with van der Waals surface area (Å²) in [4.78, 5) is 3.81. The zero-order valence-corrected chi connectivity index (χ0v) is 14.6. The number of nitrogen functional groups attached to an aromatic ring is 1. The molecule has 1 heterocycles. The molecule has 2 aromatic rings. The second-order valence-electron chi connectivity index (χ2n) is 4.26. The number of anilines is 2. The normalized spacial score (nSPS) is 11.4. The fourth-order valence-corrected chi connectivity index (χ4v) is 4.16. The minimum Gasteiger partial charge on any atom is -0.398 e. The number of aromatic nitrogens is 1. The van der Waals surface area contributed by atoms with Crippen molar-refractivity contribution >= 4 is 60.5 Å². The number of nitrogens with two attached hydrogens (primary N) is 1. The maximum atomic E-state index is 12.4. The molecule has 0 aliphatic heterocycles. The molecule has 5 nitrogen and oxygen atoms in total. The summed E-state index contributed by atoms with van der Waals surface area (Å²) < 4.78 is 27.5. The van der Waals surface area contributed by atoms with Crippen molar-refractivity contribution in [1.82, 2.24) is 4.98 Å². The number of pyridine rings is 1. The van der Waals surface area contributed by atoms with Gasteiger partial charge in [0.05, 0.1) is 10.2 Å². The highest BCUT2D eigenvalue weighted by Gasteiger charge is 2.21. The number of halogens is 3. The number of nitrogens with one attached hydrogen (secondary N) is 1. The number of hydrogen-bond donors (Lipinski definition) is 2. The maximum Gasteiger partial charge on any atom is 0.263 e. The molecule has 9 heteroatoms. The van der Waals surface area contributed by atoms with E-state index in [0.717, 1.165) is 5.56 Å². The Morgan fingerprint density at radius 2 is 1.95 bits per heavy atom. The van der Waals surface area contributed by atoms with Crippen molar-refractivity contribution < 1.29 is 8.42 Å². The second-order valence-corrected chi connectivity index (χ2v) is 7.50. The topological polar surface area (TPSA) is 85.1 Å². The Morgan fingerprint density at radius 1 is 1.29 bits per heavy atom. The number of benzene rings is 1. The fraction of sp³-hybridized carbons (Fsp3) is 0.0833. The molecule has 0 spiro atoms. The number of nitrogens with zero attached hydrogens (tertiary/aromatic N) is 1. The van der Waals surface area contributed by atoms with Crippen molar-refractivity contribution in [2.75, 3.05) is 10.5 Å². The van der Waals surface area contributed by atoms with E-state index in [1.807, 2.05) is 0 Å². The molecule has 21 heavy (non-hydrogen) atoms. The summed E-state index contributed by atoms with van der Waals surface area (Å²) in [5.74, 6) is 0. The van der Waals surface area contributed by atoms with Crippen LogP contribution in [0.1, 0.15) is 5.56 Å². The molecular formula is C12H10BrCl2N3O2S. The van der Waals surface area contributed by atoms with Gasteiger partial charge in [0.15, 0.2) is 5.15 Å². The van der Waals surface area contributed by atoms with Crippen molar-refractivity contribution in [2.24, 2.45) is 0 Å². The first-order chi connectivity index (χ1) is 9.70. The highest BCUT2D eigenvalue weighted by atomic mass is 79.9. The zero-order valence-electron chi connectivity index (χ0n) is 10.7. The van der Waals surface area contributed by atoms with Crippen molar-refractivity contribution in [1.29, 1.82) is 0 Å². The molecule has 2 rings (SSSR count). The van der Waals surface area contributed by atoms with Crippen LogP contribution >= 0.6 is 39.1 Å². The van der Waals surface area contributed by atoms with Crippen LogP contribution in [0.5, 0.6) is 0 Å². The Bertz CT molecular complexity index is 812. The lowest BCUT2D eigenvalue weighted by Gasteiger charge is -2.12. The monoisotopic (exact) mass is 409 g/mol. The van der Waals surface area contributed by atoms with Gasteiger partial charge in [0.25, 0.3) is 10.0 Å². The van der Waals surface area contributed by atoms with Crippen molar-refractivity contribution in [2.45, 2.75) is 11.8 Å². The Morgan fingerprint density at radius 3 is 2.62 bits per heavy atom. The third kappa shape index (κ3) is 3.60. The lowest BCUT2D eigenvalue weighted by Crippen LogP contribution is -2.15. The Kier molecular flexibility index (Phi) is 4.67. The van der Waals surface area contributed by atoms with Gasteiger partial charge in [-0.15, -0.1) is 0 Å². The van der Waals surface area contributed by atoms with Crippen LogP contribution in [0.3, 0.4) is 0 Å².